The Labute approximate surface area is 147 Å². The zero-order valence-corrected chi connectivity index (χ0v) is 14.2. The first-order valence-electron chi connectivity index (χ1n) is 7.61. The highest BCUT2D eigenvalue weighted by Crippen LogP contribution is 2.23. The number of nitro benzene ring substituents is 1. The van der Waals surface area contributed by atoms with Crippen LogP contribution in [0.25, 0.3) is 10.2 Å². The maximum absolute atomic E-state index is 12.1. The van der Waals surface area contributed by atoms with Crippen molar-refractivity contribution < 1.29 is 14.5 Å². The molecular weight excluding hydrogens is 342 g/mol. The van der Waals surface area contributed by atoms with Gasteiger partial charge in [-0.05, 0) is 25.1 Å². The Kier molecular flexibility index (Phi) is 4.90. The second kappa shape index (κ2) is 7.27. The summed E-state index contributed by atoms with van der Waals surface area (Å²) in [6.07, 6.45) is 0. The van der Waals surface area contributed by atoms with Crippen LogP contribution in [0.4, 0.5) is 5.69 Å². The second-order valence-electron chi connectivity index (χ2n) is 5.15. The molecule has 0 spiro atoms. The van der Waals surface area contributed by atoms with Gasteiger partial charge >= 0.3 is 0 Å². The molecule has 0 N–H and O–H groups in total. The van der Waals surface area contributed by atoms with Gasteiger partial charge in [-0.2, -0.15) is 4.99 Å². The summed E-state index contributed by atoms with van der Waals surface area (Å²) in [7, 11) is 0. The topological polar surface area (TPSA) is 86.7 Å². The van der Waals surface area contributed by atoms with Crippen molar-refractivity contribution in [3.8, 4) is 5.75 Å². The van der Waals surface area contributed by atoms with Gasteiger partial charge in [0.15, 0.2) is 11.4 Å². The van der Waals surface area contributed by atoms with Gasteiger partial charge in [0.1, 0.15) is 5.75 Å². The van der Waals surface area contributed by atoms with Crippen LogP contribution in [0, 0.1) is 10.1 Å². The molecule has 7 nitrogen and oxygen atoms in total. The van der Waals surface area contributed by atoms with Crippen molar-refractivity contribution in [2.45, 2.75) is 13.5 Å². The number of carbonyl (C=O) groups is 1. The minimum Gasteiger partial charge on any atom is -0.484 e. The van der Waals surface area contributed by atoms with Crippen LogP contribution in [0.2, 0.25) is 0 Å². The van der Waals surface area contributed by atoms with Gasteiger partial charge in [-0.3, -0.25) is 14.9 Å². The number of hydrogen-bond donors (Lipinski definition) is 0. The average Bonchev–Trinajstić information content (AvgIpc) is 2.96. The van der Waals surface area contributed by atoms with Crippen LogP contribution in [-0.2, 0) is 11.3 Å². The largest absolute Gasteiger partial charge is 0.484 e. The number of non-ortho nitro benzene ring substituents is 1. The predicted molar refractivity (Wildman–Crippen MR) is 94.7 cm³/mol. The molecule has 3 rings (SSSR count). The lowest BCUT2D eigenvalue weighted by atomic mass is 10.3. The van der Waals surface area contributed by atoms with E-state index >= 15 is 0 Å². The number of nitro groups is 1. The molecule has 0 fully saturated rings. The highest BCUT2D eigenvalue weighted by Gasteiger charge is 2.12. The lowest BCUT2D eigenvalue weighted by Gasteiger charge is -2.02. The number of hydrogen-bond acceptors (Lipinski definition) is 5. The molecule has 0 atom stereocenters. The van der Waals surface area contributed by atoms with Crippen LogP contribution in [0.3, 0.4) is 0 Å². The number of nitrogens with zero attached hydrogens (tertiary/aromatic N) is 3. The number of aromatic nitrogens is 1. The highest BCUT2D eigenvalue weighted by atomic mass is 32.1. The van der Waals surface area contributed by atoms with E-state index in [0.717, 1.165) is 5.52 Å². The molecule has 25 heavy (non-hydrogen) atoms. The lowest BCUT2D eigenvalue weighted by Crippen LogP contribution is -2.18. The monoisotopic (exact) mass is 357 g/mol. The molecule has 0 aliphatic rings. The Balaban J connectivity index is 1.89. The molecule has 1 amide bonds. The van der Waals surface area contributed by atoms with E-state index in [1.165, 1.54) is 23.5 Å². The van der Waals surface area contributed by atoms with Crippen LogP contribution in [0.5, 0.6) is 5.75 Å². The second-order valence-corrected chi connectivity index (χ2v) is 6.15. The molecule has 0 bridgehead atoms. The number of thiazole rings is 1. The Bertz CT molecular complexity index is 992. The molecule has 0 saturated carbocycles. The first-order chi connectivity index (χ1) is 12.1. The Morgan fingerprint density at radius 3 is 2.72 bits per heavy atom. The van der Waals surface area contributed by atoms with Gasteiger partial charge in [-0.1, -0.05) is 29.5 Å². The van der Waals surface area contributed by atoms with E-state index in [0.29, 0.717) is 21.8 Å². The fourth-order valence-electron chi connectivity index (χ4n) is 2.37. The van der Waals surface area contributed by atoms with Gasteiger partial charge in [0.2, 0.25) is 0 Å². The summed E-state index contributed by atoms with van der Waals surface area (Å²) in [5.41, 5.74) is 0.830. The summed E-state index contributed by atoms with van der Waals surface area (Å²) < 4.78 is 7.97. The number of amides is 1. The van der Waals surface area contributed by atoms with E-state index in [9.17, 15) is 14.9 Å². The third-order valence-corrected chi connectivity index (χ3v) is 4.56. The minimum atomic E-state index is -0.439. The van der Waals surface area contributed by atoms with E-state index in [4.69, 9.17) is 4.74 Å². The van der Waals surface area contributed by atoms with Gasteiger partial charge < -0.3 is 9.30 Å². The van der Waals surface area contributed by atoms with Crippen molar-refractivity contribution in [3.05, 3.63) is 63.4 Å². The third kappa shape index (κ3) is 3.74. The summed E-state index contributed by atoms with van der Waals surface area (Å²) in [6, 6.07) is 13.6. The average molecular weight is 357 g/mol. The SMILES string of the molecule is CCn1c(=NC(=O)COc2ccccc2)sc2cc([N+](=O)[O-])ccc21. The summed E-state index contributed by atoms with van der Waals surface area (Å²) in [4.78, 5) is 27.2. The van der Waals surface area contributed by atoms with Crippen LogP contribution in [-0.4, -0.2) is 22.0 Å². The summed E-state index contributed by atoms with van der Waals surface area (Å²) >= 11 is 1.25. The smallest absolute Gasteiger partial charge is 0.286 e. The third-order valence-electron chi connectivity index (χ3n) is 3.52. The molecule has 2 aromatic carbocycles. The number of benzene rings is 2. The quantitative estimate of drug-likeness (QED) is 0.518. The van der Waals surface area contributed by atoms with E-state index in [2.05, 4.69) is 4.99 Å². The van der Waals surface area contributed by atoms with Gasteiger partial charge in [-0.25, -0.2) is 0 Å². The molecule has 0 unspecified atom stereocenters. The maximum Gasteiger partial charge on any atom is 0.286 e. The molecule has 0 radical (unpaired) electrons. The molecule has 3 aromatic rings. The van der Waals surface area contributed by atoms with Crippen molar-refractivity contribution in [1.29, 1.82) is 0 Å². The van der Waals surface area contributed by atoms with E-state index in [-0.39, 0.29) is 12.3 Å². The molecule has 0 aliphatic heterocycles. The van der Waals surface area contributed by atoms with Gasteiger partial charge in [0.05, 0.1) is 15.1 Å². The fourth-order valence-corrected chi connectivity index (χ4v) is 3.51. The Morgan fingerprint density at radius 1 is 1.28 bits per heavy atom. The molecule has 0 saturated heterocycles. The van der Waals surface area contributed by atoms with E-state index in [1.807, 2.05) is 29.7 Å². The fraction of sp³-hybridized carbons (Fsp3) is 0.176. The highest BCUT2D eigenvalue weighted by molar-refractivity contribution is 7.16. The van der Waals surface area contributed by atoms with Crippen molar-refractivity contribution in [3.63, 3.8) is 0 Å². The number of fused-ring (bicyclic) bond motifs is 1. The Hall–Kier alpha value is -3.00. The van der Waals surface area contributed by atoms with Crippen molar-refractivity contribution >= 4 is 33.1 Å². The number of carbonyl (C=O) groups excluding carboxylic acids is 1. The van der Waals surface area contributed by atoms with Crippen LogP contribution >= 0.6 is 11.3 Å². The minimum absolute atomic E-state index is 0.0160. The zero-order chi connectivity index (χ0) is 17.8. The normalized spacial score (nSPS) is 11.6. The number of rotatable bonds is 5. The van der Waals surface area contributed by atoms with Crippen molar-refractivity contribution in [1.82, 2.24) is 4.57 Å². The molecule has 1 heterocycles. The molecule has 1 aromatic heterocycles. The summed E-state index contributed by atoms with van der Waals surface area (Å²) in [5, 5.41) is 10.9. The molecular formula is C17H15N3O4S. The van der Waals surface area contributed by atoms with Crippen LogP contribution < -0.4 is 9.54 Å². The number of para-hydroxylation sites is 1. The molecule has 8 heteroatoms. The first kappa shape index (κ1) is 16.8. The molecule has 0 aliphatic carbocycles. The predicted octanol–water partition coefficient (Wildman–Crippen LogP) is 3.14. The van der Waals surface area contributed by atoms with E-state index in [1.54, 1.807) is 18.2 Å². The number of ether oxygens (including phenoxy) is 1. The van der Waals surface area contributed by atoms with Gasteiger partial charge in [0.25, 0.3) is 11.6 Å². The zero-order valence-electron chi connectivity index (χ0n) is 13.4. The Morgan fingerprint density at radius 2 is 2.04 bits per heavy atom. The standard InChI is InChI=1S/C17H15N3O4S/c1-2-19-14-9-8-12(20(22)23)10-15(14)25-17(19)18-16(21)11-24-13-6-4-3-5-7-13/h3-10H,2,11H2,1H3. The van der Waals surface area contributed by atoms with Crippen molar-refractivity contribution in [2.24, 2.45) is 4.99 Å². The first-order valence-corrected chi connectivity index (χ1v) is 8.43. The summed E-state index contributed by atoms with van der Waals surface area (Å²) in [6.45, 7) is 2.36. The van der Waals surface area contributed by atoms with Gasteiger partial charge in [-0.15, -0.1) is 0 Å². The van der Waals surface area contributed by atoms with Crippen LogP contribution in [0.15, 0.2) is 53.5 Å². The summed E-state index contributed by atoms with van der Waals surface area (Å²) in [5.74, 6) is 0.188. The maximum atomic E-state index is 12.1. The van der Waals surface area contributed by atoms with Crippen molar-refractivity contribution in [2.75, 3.05) is 6.61 Å². The van der Waals surface area contributed by atoms with Gasteiger partial charge in [0, 0.05) is 18.7 Å². The molecule has 128 valence electrons. The van der Waals surface area contributed by atoms with Crippen LogP contribution in [0.1, 0.15) is 6.92 Å². The van der Waals surface area contributed by atoms with E-state index < -0.39 is 10.8 Å². The number of aryl methyl sites for hydroxylation is 1. The lowest BCUT2D eigenvalue weighted by molar-refractivity contribution is -0.384.